The van der Waals surface area contributed by atoms with Gasteiger partial charge in [0, 0.05) is 19.7 Å². The number of hydrogen-bond donors (Lipinski definition) is 1. The Kier molecular flexibility index (Phi) is 4.70. The van der Waals surface area contributed by atoms with Gasteiger partial charge in [-0.05, 0) is 12.3 Å². The maximum atomic E-state index is 5.64. The summed E-state index contributed by atoms with van der Waals surface area (Å²) in [6.45, 7) is 6.90. The van der Waals surface area contributed by atoms with E-state index in [4.69, 9.17) is 9.47 Å². The fraction of sp³-hybridized carbons (Fsp3) is 1.00. The lowest BCUT2D eigenvalue weighted by Crippen LogP contribution is -2.26. The van der Waals surface area contributed by atoms with E-state index >= 15 is 0 Å². The standard InChI is InChI=1S/C10H21NO2/c1-8(2)10-6-9(7-11-10)13-5-4-12-3/h8-11H,4-7H2,1-3H3/t9-,10+/m0/s1. The van der Waals surface area contributed by atoms with Crippen molar-refractivity contribution in [2.24, 2.45) is 5.92 Å². The zero-order valence-electron chi connectivity index (χ0n) is 8.88. The Morgan fingerprint density at radius 3 is 2.69 bits per heavy atom. The number of nitrogens with one attached hydrogen (secondary N) is 1. The average molecular weight is 187 g/mol. The molecule has 0 aliphatic carbocycles. The van der Waals surface area contributed by atoms with Gasteiger partial charge in [0.2, 0.25) is 0 Å². The van der Waals surface area contributed by atoms with Crippen molar-refractivity contribution in [3.05, 3.63) is 0 Å². The molecule has 0 aromatic rings. The van der Waals surface area contributed by atoms with Gasteiger partial charge in [0.25, 0.3) is 0 Å². The van der Waals surface area contributed by atoms with E-state index in [9.17, 15) is 0 Å². The molecular formula is C10H21NO2. The Labute approximate surface area is 80.8 Å². The van der Waals surface area contributed by atoms with Gasteiger partial charge in [0.1, 0.15) is 0 Å². The molecule has 1 saturated heterocycles. The molecule has 1 fully saturated rings. The molecule has 0 aromatic heterocycles. The van der Waals surface area contributed by atoms with Gasteiger partial charge in [-0.1, -0.05) is 13.8 Å². The van der Waals surface area contributed by atoms with E-state index in [-0.39, 0.29) is 0 Å². The van der Waals surface area contributed by atoms with Gasteiger partial charge in [0.15, 0.2) is 0 Å². The van der Waals surface area contributed by atoms with Crippen LogP contribution in [0.5, 0.6) is 0 Å². The minimum atomic E-state index is 0.391. The van der Waals surface area contributed by atoms with Crippen molar-refractivity contribution in [3.8, 4) is 0 Å². The summed E-state index contributed by atoms with van der Waals surface area (Å²) >= 11 is 0. The van der Waals surface area contributed by atoms with E-state index in [0.29, 0.717) is 31.3 Å². The summed E-state index contributed by atoms with van der Waals surface area (Å²) in [4.78, 5) is 0. The third-order valence-electron chi connectivity index (χ3n) is 2.57. The predicted octanol–water partition coefficient (Wildman–Crippen LogP) is 1.04. The van der Waals surface area contributed by atoms with Crippen LogP contribution in [0.25, 0.3) is 0 Å². The highest BCUT2D eigenvalue weighted by atomic mass is 16.5. The lowest BCUT2D eigenvalue weighted by Gasteiger charge is -2.14. The molecular weight excluding hydrogens is 166 g/mol. The van der Waals surface area contributed by atoms with Crippen LogP contribution in [0.1, 0.15) is 20.3 Å². The van der Waals surface area contributed by atoms with Gasteiger partial charge < -0.3 is 14.8 Å². The molecule has 0 amide bonds. The third-order valence-corrected chi connectivity index (χ3v) is 2.57. The van der Waals surface area contributed by atoms with Crippen LogP contribution >= 0.6 is 0 Å². The molecule has 1 aliphatic heterocycles. The van der Waals surface area contributed by atoms with Crippen LogP contribution in [0.3, 0.4) is 0 Å². The smallest absolute Gasteiger partial charge is 0.0715 e. The molecule has 2 atom stereocenters. The second-order valence-electron chi connectivity index (χ2n) is 3.98. The summed E-state index contributed by atoms with van der Waals surface area (Å²) < 4.78 is 10.6. The Bertz CT molecular complexity index is 139. The van der Waals surface area contributed by atoms with Crippen molar-refractivity contribution in [1.82, 2.24) is 5.32 Å². The van der Waals surface area contributed by atoms with Gasteiger partial charge in [-0.2, -0.15) is 0 Å². The molecule has 0 radical (unpaired) electrons. The summed E-state index contributed by atoms with van der Waals surface area (Å²) in [5, 5.41) is 3.47. The zero-order valence-corrected chi connectivity index (χ0v) is 8.88. The topological polar surface area (TPSA) is 30.5 Å². The average Bonchev–Trinajstić information content (AvgIpc) is 2.53. The van der Waals surface area contributed by atoms with Crippen molar-refractivity contribution >= 4 is 0 Å². The normalized spacial score (nSPS) is 28.6. The van der Waals surface area contributed by atoms with Gasteiger partial charge >= 0.3 is 0 Å². The van der Waals surface area contributed by atoms with Gasteiger partial charge in [-0.25, -0.2) is 0 Å². The van der Waals surface area contributed by atoms with Crippen molar-refractivity contribution < 1.29 is 9.47 Å². The first-order chi connectivity index (χ1) is 6.24. The molecule has 0 aromatic carbocycles. The quantitative estimate of drug-likeness (QED) is 0.652. The molecule has 0 saturated carbocycles. The molecule has 0 spiro atoms. The summed E-state index contributed by atoms with van der Waals surface area (Å²) in [6.07, 6.45) is 1.53. The van der Waals surface area contributed by atoms with Crippen molar-refractivity contribution in [2.45, 2.75) is 32.4 Å². The number of ether oxygens (including phenoxy) is 2. The molecule has 78 valence electrons. The lowest BCUT2D eigenvalue weighted by atomic mass is 10.0. The molecule has 3 heteroatoms. The summed E-state index contributed by atoms with van der Waals surface area (Å²) in [5.41, 5.74) is 0. The summed E-state index contributed by atoms with van der Waals surface area (Å²) in [7, 11) is 1.70. The molecule has 13 heavy (non-hydrogen) atoms. The van der Waals surface area contributed by atoms with Crippen LogP contribution in [-0.4, -0.2) is 39.0 Å². The maximum absolute atomic E-state index is 5.64. The SMILES string of the molecule is COCCO[C@@H]1CN[C@@H](C(C)C)C1. The van der Waals surface area contributed by atoms with E-state index in [1.807, 2.05) is 0 Å². The van der Waals surface area contributed by atoms with E-state index in [0.717, 1.165) is 13.0 Å². The fourth-order valence-electron chi connectivity index (χ4n) is 1.67. The minimum absolute atomic E-state index is 0.391. The number of methoxy groups -OCH3 is 1. The maximum Gasteiger partial charge on any atom is 0.0715 e. The number of rotatable bonds is 5. The van der Waals surface area contributed by atoms with Gasteiger partial charge in [-0.3, -0.25) is 0 Å². The largest absolute Gasteiger partial charge is 0.382 e. The second kappa shape index (κ2) is 5.58. The van der Waals surface area contributed by atoms with Gasteiger partial charge in [0.05, 0.1) is 19.3 Å². The molecule has 1 heterocycles. The Hall–Kier alpha value is -0.120. The van der Waals surface area contributed by atoms with E-state index < -0.39 is 0 Å². The zero-order chi connectivity index (χ0) is 9.68. The molecule has 1 rings (SSSR count). The third kappa shape index (κ3) is 3.63. The Morgan fingerprint density at radius 2 is 2.15 bits per heavy atom. The monoisotopic (exact) mass is 187 g/mol. The highest BCUT2D eigenvalue weighted by Crippen LogP contribution is 2.16. The molecule has 1 aliphatic rings. The van der Waals surface area contributed by atoms with Crippen molar-refractivity contribution in [1.29, 1.82) is 0 Å². The number of hydrogen-bond acceptors (Lipinski definition) is 3. The minimum Gasteiger partial charge on any atom is -0.382 e. The lowest BCUT2D eigenvalue weighted by molar-refractivity contribution is 0.0255. The predicted molar refractivity (Wildman–Crippen MR) is 52.9 cm³/mol. The highest BCUT2D eigenvalue weighted by Gasteiger charge is 2.26. The molecule has 3 nitrogen and oxygen atoms in total. The molecule has 1 N–H and O–H groups in total. The van der Waals surface area contributed by atoms with Gasteiger partial charge in [-0.15, -0.1) is 0 Å². The van der Waals surface area contributed by atoms with E-state index in [2.05, 4.69) is 19.2 Å². The fourth-order valence-corrected chi connectivity index (χ4v) is 1.67. The first-order valence-electron chi connectivity index (χ1n) is 5.08. The first-order valence-corrected chi connectivity index (χ1v) is 5.08. The van der Waals surface area contributed by atoms with Crippen LogP contribution in [0.15, 0.2) is 0 Å². The van der Waals surface area contributed by atoms with Crippen LogP contribution in [0.2, 0.25) is 0 Å². The molecule has 0 unspecified atom stereocenters. The van der Waals surface area contributed by atoms with Crippen molar-refractivity contribution in [2.75, 3.05) is 26.9 Å². The first kappa shape index (κ1) is 11.0. The van der Waals surface area contributed by atoms with E-state index in [1.54, 1.807) is 7.11 Å². The van der Waals surface area contributed by atoms with E-state index in [1.165, 1.54) is 0 Å². The summed E-state index contributed by atoms with van der Waals surface area (Å²) in [5.74, 6) is 0.705. The van der Waals surface area contributed by atoms with Crippen LogP contribution in [0.4, 0.5) is 0 Å². The van der Waals surface area contributed by atoms with Crippen LogP contribution in [-0.2, 0) is 9.47 Å². The second-order valence-corrected chi connectivity index (χ2v) is 3.98. The molecule has 0 bridgehead atoms. The van der Waals surface area contributed by atoms with Crippen molar-refractivity contribution in [3.63, 3.8) is 0 Å². The Balaban J connectivity index is 2.10. The highest BCUT2D eigenvalue weighted by molar-refractivity contribution is 4.84. The van der Waals surface area contributed by atoms with Crippen LogP contribution < -0.4 is 5.32 Å². The Morgan fingerprint density at radius 1 is 1.38 bits per heavy atom. The summed E-state index contributed by atoms with van der Waals surface area (Å²) in [6, 6.07) is 0.632. The van der Waals surface area contributed by atoms with Crippen LogP contribution in [0, 0.1) is 5.92 Å².